The van der Waals surface area contributed by atoms with Gasteiger partial charge in [0.05, 0.1) is 18.1 Å². The zero-order chi connectivity index (χ0) is 15.5. The highest BCUT2D eigenvalue weighted by atomic mass is 16.6. The molecule has 4 heteroatoms. The minimum Gasteiger partial charge on any atom is -0.490 e. The Labute approximate surface area is 126 Å². The van der Waals surface area contributed by atoms with Gasteiger partial charge in [0.1, 0.15) is 0 Å². The Kier molecular flexibility index (Phi) is 4.88. The standard InChI is InChI=1S/C17H24O4/c1-5-19-14-10-9-13(17(3,4)20-6-2)11-15(14)21-16(18)12-7-8-12/h9-12H,5-8H2,1-4H3. The average molecular weight is 292 g/mol. The molecule has 1 aromatic carbocycles. The van der Waals surface area contributed by atoms with Crippen LogP contribution in [0.4, 0.5) is 0 Å². The van der Waals surface area contributed by atoms with Gasteiger partial charge in [-0.1, -0.05) is 6.07 Å². The second-order valence-corrected chi connectivity index (χ2v) is 5.73. The number of benzene rings is 1. The van der Waals surface area contributed by atoms with E-state index in [4.69, 9.17) is 14.2 Å². The molecule has 1 aliphatic rings. The fraction of sp³-hybridized carbons (Fsp3) is 0.588. The second kappa shape index (κ2) is 6.48. The van der Waals surface area contributed by atoms with Crippen molar-refractivity contribution in [2.24, 2.45) is 5.92 Å². The second-order valence-electron chi connectivity index (χ2n) is 5.73. The highest BCUT2D eigenvalue weighted by molar-refractivity contribution is 5.78. The van der Waals surface area contributed by atoms with Crippen LogP contribution in [0.5, 0.6) is 11.5 Å². The normalized spacial score (nSPS) is 14.9. The van der Waals surface area contributed by atoms with Crippen LogP contribution in [0.2, 0.25) is 0 Å². The first-order valence-corrected chi connectivity index (χ1v) is 7.61. The van der Waals surface area contributed by atoms with Gasteiger partial charge >= 0.3 is 5.97 Å². The molecule has 0 amide bonds. The third-order valence-electron chi connectivity index (χ3n) is 3.57. The topological polar surface area (TPSA) is 44.8 Å². The molecule has 0 aliphatic heterocycles. The summed E-state index contributed by atoms with van der Waals surface area (Å²) in [6, 6.07) is 5.64. The maximum absolute atomic E-state index is 11.9. The molecule has 4 nitrogen and oxygen atoms in total. The van der Waals surface area contributed by atoms with E-state index in [0.29, 0.717) is 24.7 Å². The molecule has 21 heavy (non-hydrogen) atoms. The van der Waals surface area contributed by atoms with Gasteiger partial charge in [-0.2, -0.15) is 0 Å². The Balaban J connectivity index is 2.26. The molecule has 0 aromatic heterocycles. The molecule has 2 rings (SSSR count). The zero-order valence-electron chi connectivity index (χ0n) is 13.3. The van der Waals surface area contributed by atoms with Crippen LogP contribution in [0.3, 0.4) is 0 Å². The van der Waals surface area contributed by atoms with E-state index >= 15 is 0 Å². The van der Waals surface area contributed by atoms with Crippen LogP contribution in [-0.4, -0.2) is 19.2 Å². The average Bonchev–Trinajstić information content (AvgIpc) is 3.25. The van der Waals surface area contributed by atoms with Crippen molar-refractivity contribution < 1.29 is 19.0 Å². The van der Waals surface area contributed by atoms with Crippen molar-refractivity contribution in [3.63, 3.8) is 0 Å². The van der Waals surface area contributed by atoms with E-state index in [2.05, 4.69) is 0 Å². The van der Waals surface area contributed by atoms with Crippen LogP contribution in [0, 0.1) is 5.92 Å². The highest BCUT2D eigenvalue weighted by Crippen LogP contribution is 2.37. The summed E-state index contributed by atoms with van der Waals surface area (Å²) in [5.74, 6) is 0.979. The van der Waals surface area contributed by atoms with Crippen LogP contribution in [0.1, 0.15) is 46.1 Å². The molecule has 1 aromatic rings. The summed E-state index contributed by atoms with van der Waals surface area (Å²) >= 11 is 0. The van der Waals surface area contributed by atoms with Gasteiger partial charge in [-0.15, -0.1) is 0 Å². The van der Waals surface area contributed by atoms with Gasteiger partial charge in [-0.05, 0) is 58.2 Å². The van der Waals surface area contributed by atoms with Gasteiger partial charge in [0.2, 0.25) is 0 Å². The molecule has 0 saturated heterocycles. The Morgan fingerprint density at radius 3 is 2.48 bits per heavy atom. The maximum atomic E-state index is 11.9. The summed E-state index contributed by atoms with van der Waals surface area (Å²) in [5.41, 5.74) is 0.534. The van der Waals surface area contributed by atoms with E-state index < -0.39 is 5.60 Å². The SMILES string of the molecule is CCOc1ccc(C(C)(C)OCC)cc1OC(=O)C1CC1. The fourth-order valence-corrected chi connectivity index (χ4v) is 2.19. The van der Waals surface area contributed by atoms with Crippen LogP contribution in [0.25, 0.3) is 0 Å². The Hall–Kier alpha value is -1.55. The van der Waals surface area contributed by atoms with E-state index in [1.165, 1.54) is 0 Å². The first-order valence-electron chi connectivity index (χ1n) is 7.61. The van der Waals surface area contributed by atoms with Crippen molar-refractivity contribution in [1.29, 1.82) is 0 Å². The molecule has 0 atom stereocenters. The molecular weight excluding hydrogens is 268 g/mol. The van der Waals surface area contributed by atoms with Gasteiger partial charge in [-0.25, -0.2) is 0 Å². The molecular formula is C17H24O4. The van der Waals surface area contributed by atoms with Gasteiger partial charge in [0.15, 0.2) is 11.5 Å². The number of hydrogen-bond donors (Lipinski definition) is 0. The van der Waals surface area contributed by atoms with E-state index in [0.717, 1.165) is 18.4 Å². The van der Waals surface area contributed by atoms with Crippen molar-refractivity contribution in [2.75, 3.05) is 13.2 Å². The van der Waals surface area contributed by atoms with Crippen molar-refractivity contribution in [2.45, 2.75) is 46.1 Å². The molecule has 0 heterocycles. The van der Waals surface area contributed by atoms with Crippen LogP contribution < -0.4 is 9.47 Å². The lowest BCUT2D eigenvalue weighted by atomic mass is 9.97. The first kappa shape index (κ1) is 15.8. The molecule has 0 unspecified atom stereocenters. The predicted octanol–water partition coefficient (Wildman–Crippen LogP) is 3.67. The molecule has 0 spiro atoms. The molecule has 0 radical (unpaired) electrons. The summed E-state index contributed by atoms with van der Waals surface area (Å²) in [7, 11) is 0. The smallest absolute Gasteiger partial charge is 0.314 e. The number of rotatable bonds is 7. The lowest BCUT2D eigenvalue weighted by molar-refractivity contribution is -0.135. The van der Waals surface area contributed by atoms with Crippen molar-refractivity contribution in [3.05, 3.63) is 23.8 Å². The molecule has 1 saturated carbocycles. The lowest BCUT2D eigenvalue weighted by Crippen LogP contribution is -2.22. The molecule has 1 fully saturated rings. The quantitative estimate of drug-likeness (QED) is 0.568. The largest absolute Gasteiger partial charge is 0.490 e. The van der Waals surface area contributed by atoms with Crippen LogP contribution in [-0.2, 0) is 15.1 Å². The lowest BCUT2D eigenvalue weighted by Gasteiger charge is -2.26. The van der Waals surface area contributed by atoms with Crippen LogP contribution in [0.15, 0.2) is 18.2 Å². The fourth-order valence-electron chi connectivity index (χ4n) is 2.19. The number of carbonyl (C=O) groups is 1. The molecule has 116 valence electrons. The third kappa shape index (κ3) is 3.97. The number of ether oxygens (including phenoxy) is 3. The predicted molar refractivity (Wildman–Crippen MR) is 80.6 cm³/mol. The molecule has 1 aliphatic carbocycles. The summed E-state index contributed by atoms with van der Waals surface area (Å²) in [6.45, 7) is 9.02. The highest BCUT2D eigenvalue weighted by Gasteiger charge is 2.32. The Morgan fingerprint density at radius 2 is 1.90 bits per heavy atom. The van der Waals surface area contributed by atoms with Gasteiger partial charge in [0, 0.05) is 6.61 Å². The van der Waals surface area contributed by atoms with E-state index in [1.54, 1.807) is 0 Å². The zero-order valence-corrected chi connectivity index (χ0v) is 13.3. The van der Waals surface area contributed by atoms with E-state index in [1.807, 2.05) is 45.9 Å². The number of esters is 1. The van der Waals surface area contributed by atoms with Crippen molar-refractivity contribution in [1.82, 2.24) is 0 Å². The third-order valence-corrected chi connectivity index (χ3v) is 3.57. The Bertz CT molecular complexity index is 504. The minimum atomic E-state index is -0.430. The number of carbonyl (C=O) groups excluding carboxylic acids is 1. The summed E-state index contributed by atoms with van der Waals surface area (Å²) in [4.78, 5) is 11.9. The minimum absolute atomic E-state index is 0.0584. The number of hydrogen-bond acceptors (Lipinski definition) is 4. The van der Waals surface area contributed by atoms with Gasteiger partial charge in [-0.3, -0.25) is 4.79 Å². The molecule has 0 N–H and O–H groups in total. The summed E-state index contributed by atoms with van der Waals surface area (Å²) in [6.07, 6.45) is 1.85. The van der Waals surface area contributed by atoms with Crippen molar-refractivity contribution in [3.8, 4) is 11.5 Å². The van der Waals surface area contributed by atoms with Crippen molar-refractivity contribution >= 4 is 5.97 Å². The monoisotopic (exact) mass is 292 g/mol. The van der Waals surface area contributed by atoms with E-state index in [-0.39, 0.29) is 11.9 Å². The summed E-state index contributed by atoms with van der Waals surface area (Å²) < 4.78 is 16.8. The van der Waals surface area contributed by atoms with Crippen LogP contribution >= 0.6 is 0 Å². The maximum Gasteiger partial charge on any atom is 0.314 e. The summed E-state index contributed by atoms with van der Waals surface area (Å²) in [5, 5.41) is 0. The van der Waals surface area contributed by atoms with Gasteiger partial charge < -0.3 is 14.2 Å². The van der Waals surface area contributed by atoms with E-state index in [9.17, 15) is 4.79 Å². The molecule has 0 bridgehead atoms. The first-order chi connectivity index (χ1) is 9.97. The Morgan fingerprint density at radius 1 is 1.19 bits per heavy atom. The van der Waals surface area contributed by atoms with Gasteiger partial charge in [0.25, 0.3) is 0 Å².